The predicted molar refractivity (Wildman–Crippen MR) is 147 cm³/mol. The molecule has 3 aliphatic rings. The number of halogens is 3. The van der Waals surface area contributed by atoms with E-state index in [1.54, 1.807) is 23.2 Å². The number of carbonyl (C=O) groups excluding carboxylic acids is 3. The van der Waals surface area contributed by atoms with E-state index < -0.39 is 53.4 Å². The van der Waals surface area contributed by atoms with E-state index in [1.807, 2.05) is 60.7 Å². The van der Waals surface area contributed by atoms with E-state index >= 15 is 0 Å². The van der Waals surface area contributed by atoms with Gasteiger partial charge in [0.1, 0.15) is 6.04 Å². The molecule has 3 heterocycles. The van der Waals surface area contributed by atoms with E-state index in [0.717, 1.165) is 34.0 Å². The first-order valence-corrected chi connectivity index (χ1v) is 13.1. The smallest absolute Gasteiger partial charge is 0.357 e. The first-order valence-electron chi connectivity index (χ1n) is 13.1. The van der Waals surface area contributed by atoms with Gasteiger partial charge in [0.25, 0.3) is 0 Å². The fraction of sp³-hybridized carbons (Fsp3) is 0.156. The Balaban J connectivity index is 1.32. The number of nitrogens with one attached hydrogen (secondary N) is 1. The molecule has 4 atom stereocenters. The first-order chi connectivity index (χ1) is 19.7. The molecule has 0 spiro atoms. The van der Waals surface area contributed by atoms with Crippen LogP contribution in [0.3, 0.4) is 0 Å². The van der Waals surface area contributed by atoms with Gasteiger partial charge in [0.15, 0.2) is 0 Å². The maximum Gasteiger partial charge on any atom is 0.416 e. The summed E-state index contributed by atoms with van der Waals surface area (Å²) in [5.41, 5.74) is 1.17. The number of alkyl halides is 3. The lowest BCUT2D eigenvalue weighted by molar-refractivity contribution is -0.137. The number of nitrogens with zero attached hydrogens (tertiary/aromatic N) is 2. The Labute approximate surface area is 232 Å². The van der Waals surface area contributed by atoms with Crippen LogP contribution in [0.15, 0.2) is 97.2 Å². The molecule has 0 unspecified atom stereocenters. The topological polar surface area (TPSA) is 69.7 Å². The molecular formula is C32H22F3N3O3. The Morgan fingerprint density at radius 3 is 2.34 bits per heavy atom. The summed E-state index contributed by atoms with van der Waals surface area (Å²) in [6.07, 6.45) is -1.07. The fourth-order valence-corrected chi connectivity index (χ4v) is 6.49. The molecule has 7 rings (SSSR count). The van der Waals surface area contributed by atoms with Crippen LogP contribution in [0.1, 0.15) is 22.7 Å². The van der Waals surface area contributed by atoms with Gasteiger partial charge in [-0.25, -0.2) is 4.90 Å². The number of hydrogen-bond acceptors (Lipinski definition) is 4. The average Bonchev–Trinajstić information content (AvgIpc) is 3.44. The Kier molecular flexibility index (Phi) is 5.54. The van der Waals surface area contributed by atoms with Crippen molar-refractivity contribution in [2.45, 2.75) is 18.3 Å². The molecule has 0 saturated carbocycles. The zero-order valence-corrected chi connectivity index (χ0v) is 21.4. The minimum atomic E-state index is -4.59. The molecule has 0 radical (unpaired) electrons. The quantitative estimate of drug-likeness (QED) is 0.316. The third-order valence-corrected chi connectivity index (χ3v) is 8.20. The largest absolute Gasteiger partial charge is 0.416 e. The summed E-state index contributed by atoms with van der Waals surface area (Å²) in [6, 6.07) is 22.9. The molecule has 0 bridgehead atoms. The molecule has 4 aromatic carbocycles. The molecule has 41 heavy (non-hydrogen) atoms. The summed E-state index contributed by atoms with van der Waals surface area (Å²) in [5, 5.41) is 4.17. The highest BCUT2D eigenvalue weighted by Crippen LogP contribution is 2.53. The van der Waals surface area contributed by atoms with Gasteiger partial charge in [-0.1, -0.05) is 66.7 Å². The molecule has 0 aliphatic carbocycles. The lowest BCUT2D eigenvalue weighted by Crippen LogP contribution is -2.46. The molecular weight excluding hydrogens is 531 g/mol. The van der Waals surface area contributed by atoms with Crippen LogP contribution in [0.25, 0.3) is 16.8 Å². The van der Waals surface area contributed by atoms with E-state index in [1.165, 1.54) is 17.0 Å². The van der Waals surface area contributed by atoms with Crippen LogP contribution in [0, 0.1) is 11.8 Å². The van der Waals surface area contributed by atoms with Crippen LogP contribution in [0.5, 0.6) is 0 Å². The molecule has 9 heteroatoms. The van der Waals surface area contributed by atoms with E-state index in [4.69, 9.17) is 0 Å². The second-order valence-corrected chi connectivity index (χ2v) is 10.4. The van der Waals surface area contributed by atoms with Crippen molar-refractivity contribution in [3.8, 4) is 0 Å². The third kappa shape index (κ3) is 3.83. The predicted octanol–water partition coefficient (Wildman–Crippen LogP) is 6.01. The summed E-state index contributed by atoms with van der Waals surface area (Å²) in [6.45, 7) is 0. The van der Waals surface area contributed by atoms with Crippen LogP contribution in [0.2, 0.25) is 0 Å². The second kappa shape index (κ2) is 9.05. The van der Waals surface area contributed by atoms with Gasteiger partial charge in [-0.3, -0.25) is 14.4 Å². The van der Waals surface area contributed by atoms with Crippen LogP contribution in [-0.2, 0) is 20.6 Å². The minimum absolute atomic E-state index is 0.0473. The van der Waals surface area contributed by atoms with Crippen LogP contribution >= 0.6 is 0 Å². The summed E-state index contributed by atoms with van der Waals surface area (Å²) >= 11 is 0. The highest BCUT2D eigenvalue weighted by atomic mass is 19.4. The molecule has 2 fully saturated rings. The molecule has 6 nitrogen and oxygen atoms in total. The SMILES string of the molecule is O=C(Nc1cccc(C(F)(F)F)c1)[C@@H]1[C@@H]2C(=O)N(c3cccc4ccccc34)C(=O)[C@H]2[C@H]2c3ccccc3C=CN12. The summed E-state index contributed by atoms with van der Waals surface area (Å²) in [5.74, 6) is -3.50. The zero-order valence-electron chi connectivity index (χ0n) is 21.4. The molecule has 1 N–H and O–H groups in total. The number of amides is 3. The maximum absolute atomic E-state index is 14.2. The third-order valence-electron chi connectivity index (χ3n) is 8.20. The van der Waals surface area contributed by atoms with Crippen molar-refractivity contribution in [1.82, 2.24) is 4.90 Å². The lowest BCUT2D eigenvalue weighted by Gasteiger charge is -2.35. The van der Waals surface area contributed by atoms with Crippen molar-refractivity contribution in [2.24, 2.45) is 11.8 Å². The molecule has 4 aromatic rings. The highest BCUT2D eigenvalue weighted by molar-refractivity contribution is 6.26. The van der Waals surface area contributed by atoms with Crippen LogP contribution in [-0.4, -0.2) is 28.7 Å². The summed E-state index contributed by atoms with van der Waals surface area (Å²) < 4.78 is 40.0. The van der Waals surface area contributed by atoms with E-state index in [2.05, 4.69) is 5.32 Å². The van der Waals surface area contributed by atoms with Crippen molar-refractivity contribution >= 4 is 45.9 Å². The Morgan fingerprint density at radius 1 is 0.805 bits per heavy atom. The van der Waals surface area contributed by atoms with Gasteiger partial charge in [0, 0.05) is 17.3 Å². The summed E-state index contributed by atoms with van der Waals surface area (Å²) in [4.78, 5) is 45.1. The first kappa shape index (κ1) is 25.1. The van der Waals surface area contributed by atoms with Crippen molar-refractivity contribution < 1.29 is 27.6 Å². The molecule has 2 saturated heterocycles. The maximum atomic E-state index is 14.2. The molecule has 204 valence electrons. The Bertz CT molecular complexity index is 1780. The van der Waals surface area contributed by atoms with Crippen LogP contribution < -0.4 is 10.2 Å². The number of fused-ring (bicyclic) bond motifs is 6. The average molecular weight is 554 g/mol. The summed E-state index contributed by atoms with van der Waals surface area (Å²) in [7, 11) is 0. The van der Waals surface area contributed by atoms with E-state index in [-0.39, 0.29) is 5.69 Å². The van der Waals surface area contributed by atoms with Gasteiger partial charge < -0.3 is 10.2 Å². The zero-order chi connectivity index (χ0) is 28.5. The van der Waals surface area contributed by atoms with Crippen molar-refractivity contribution in [2.75, 3.05) is 10.2 Å². The Hall–Kier alpha value is -4.92. The minimum Gasteiger partial charge on any atom is -0.357 e. The number of anilines is 2. The van der Waals surface area contributed by atoms with E-state index in [0.29, 0.717) is 5.69 Å². The monoisotopic (exact) mass is 553 g/mol. The second-order valence-electron chi connectivity index (χ2n) is 10.4. The number of rotatable bonds is 3. The number of benzene rings is 4. The molecule has 0 aromatic heterocycles. The Morgan fingerprint density at radius 2 is 1.51 bits per heavy atom. The molecule has 3 amide bonds. The molecule has 3 aliphatic heterocycles. The number of carbonyl (C=O) groups is 3. The van der Waals surface area contributed by atoms with Crippen molar-refractivity contribution in [1.29, 1.82) is 0 Å². The van der Waals surface area contributed by atoms with Gasteiger partial charge in [-0.05, 0) is 46.9 Å². The van der Waals surface area contributed by atoms with Crippen molar-refractivity contribution in [3.63, 3.8) is 0 Å². The number of imide groups is 1. The van der Waals surface area contributed by atoms with Crippen molar-refractivity contribution in [3.05, 3.63) is 114 Å². The van der Waals surface area contributed by atoms with Gasteiger partial charge in [-0.15, -0.1) is 0 Å². The van der Waals surface area contributed by atoms with Gasteiger partial charge in [-0.2, -0.15) is 13.2 Å². The fourth-order valence-electron chi connectivity index (χ4n) is 6.49. The number of hydrogen-bond donors (Lipinski definition) is 1. The van der Waals surface area contributed by atoms with Gasteiger partial charge >= 0.3 is 6.18 Å². The van der Waals surface area contributed by atoms with Gasteiger partial charge in [0.05, 0.1) is 29.1 Å². The normalized spacial score (nSPS) is 23.0. The highest BCUT2D eigenvalue weighted by Gasteiger charge is 2.64. The van der Waals surface area contributed by atoms with E-state index in [9.17, 15) is 27.6 Å². The standard InChI is InChI=1S/C32H22F3N3O3/c33-32(34,35)20-10-6-11-21(17-20)36-29(39)28-26-25(27-23-13-4-2-8-19(23)15-16-37(27)28)30(40)38(31(26)41)24-14-5-9-18-7-1-3-12-22(18)24/h1-17,25-28H,(H,36,39)/t25-,26-,27-,28+/m1/s1. The van der Waals surface area contributed by atoms with Crippen LogP contribution in [0.4, 0.5) is 24.5 Å². The van der Waals surface area contributed by atoms with Gasteiger partial charge in [0.2, 0.25) is 17.7 Å². The lowest BCUT2D eigenvalue weighted by atomic mass is 9.84.